The quantitative estimate of drug-likeness (QED) is 0.717. The summed E-state index contributed by atoms with van der Waals surface area (Å²) in [5.74, 6) is 0.123. The molecule has 0 spiro atoms. The second-order valence-electron chi connectivity index (χ2n) is 3.81. The van der Waals surface area contributed by atoms with Gasteiger partial charge in [0.2, 0.25) is 5.91 Å². The van der Waals surface area contributed by atoms with E-state index in [1.165, 1.54) is 0 Å². The van der Waals surface area contributed by atoms with E-state index in [0.29, 0.717) is 19.0 Å². The maximum atomic E-state index is 11.5. The van der Waals surface area contributed by atoms with Gasteiger partial charge in [0.15, 0.2) is 0 Å². The number of carbonyl (C=O) groups is 1. The smallest absolute Gasteiger partial charge is 0.222 e. The number of aromatic nitrogens is 2. The van der Waals surface area contributed by atoms with Gasteiger partial charge in [-0.25, -0.2) is 4.98 Å². The van der Waals surface area contributed by atoms with Crippen molar-refractivity contribution in [3.05, 3.63) is 18.7 Å². The molecule has 0 saturated carbocycles. The predicted molar refractivity (Wildman–Crippen MR) is 56.3 cm³/mol. The first-order chi connectivity index (χ1) is 7.34. The number of nitrogens with one attached hydrogen (secondary N) is 2. The molecule has 1 unspecified atom stereocenters. The number of rotatable bonds is 4. The van der Waals surface area contributed by atoms with E-state index in [0.717, 1.165) is 19.5 Å². The van der Waals surface area contributed by atoms with Crippen molar-refractivity contribution in [1.29, 1.82) is 0 Å². The third kappa shape index (κ3) is 3.06. The molecule has 2 N–H and O–H groups in total. The van der Waals surface area contributed by atoms with Crippen LogP contribution in [0.3, 0.4) is 0 Å². The summed E-state index contributed by atoms with van der Waals surface area (Å²) in [7, 11) is 0. The summed E-state index contributed by atoms with van der Waals surface area (Å²) in [6.07, 6.45) is 6.87. The van der Waals surface area contributed by atoms with Crippen molar-refractivity contribution in [1.82, 2.24) is 20.2 Å². The van der Waals surface area contributed by atoms with Crippen LogP contribution in [0.15, 0.2) is 18.7 Å². The van der Waals surface area contributed by atoms with Crippen molar-refractivity contribution in [3.63, 3.8) is 0 Å². The molecule has 1 aromatic heterocycles. The molecule has 1 atom stereocenters. The summed E-state index contributed by atoms with van der Waals surface area (Å²) in [6.45, 7) is 2.61. The third-order valence-corrected chi connectivity index (χ3v) is 2.58. The molecule has 0 radical (unpaired) electrons. The fourth-order valence-electron chi connectivity index (χ4n) is 1.73. The molecule has 2 heterocycles. The number of nitrogens with zero attached hydrogens (tertiary/aromatic N) is 2. The molecule has 1 fully saturated rings. The lowest BCUT2D eigenvalue weighted by Crippen LogP contribution is -2.36. The molecule has 1 saturated heterocycles. The van der Waals surface area contributed by atoms with E-state index in [9.17, 15) is 4.79 Å². The second kappa shape index (κ2) is 4.93. The van der Waals surface area contributed by atoms with E-state index in [1.807, 2.05) is 10.8 Å². The first-order valence-corrected chi connectivity index (χ1v) is 5.30. The molecule has 1 aliphatic heterocycles. The average molecular weight is 208 g/mol. The van der Waals surface area contributed by atoms with Crippen LogP contribution in [0.1, 0.15) is 12.8 Å². The van der Waals surface area contributed by atoms with Gasteiger partial charge in [0.1, 0.15) is 0 Å². The van der Waals surface area contributed by atoms with Crippen LogP contribution in [0.5, 0.6) is 0 Å². The van der Waals surface area contributed by atoms with Gasteiger partial charge < -0.3 is 15.2 Å². The average Bonchev–Trinajstić information content (AvgIpc) is 2.86. The maximum absolute atomic E-state index is 11.5. The van der Waals surface area contributed by atoms with Crippen LogP contribution in [-0.4, -0.2) is 34.6 Å². The van der Waals surface area contributed by atoms with E-state index in [1.54, 1.807) is 12.5 Å². The SMILES string of the molecule is O=C(CCn1ccnc1)NC1CCNC1. The second-order valence-corrected chi connectivity index (χ2v) is 3.81. The molecular weight excluding hydrogens is 192 g/mol. The number of hydrogen-bond donors (Lipinski definition) is 2. The lowest BCUT2D eigenvalue weighted by Gasteiger charge is -2.11. The van der Waals surface area contributed by atoms with Crippen LogP contribution >= 0.6 is 0 Å². The summed E-state index contributed by atoms with van der Waals surface area (Å²) < 4.78 is 1.91. The molecule has 0 aromatic carbocycles. The van der Waals surface area contributed by atoms with Crippen molar-refractivity contribution in [2.24, 2.45) is 0 Å². The fraction of sp³-hybridized carbons (Fsp3) is 0.600. The zero-order valence-corrected chi connectivity index (χ0v) is 8.65. The van der Waals surface area contributed by atoms with E-state index < -0.39 is 0 Å². The monoisotopic (exact) mass is 208 g/mol. The number of aryl methyl sites for hydroxylation is 1. The van der Waals surface area contributed by atoms with Gasteiger partial charge in [-0.05, 0) is 13.0 Å². The van der Waals surface area contributed by atoms with Crippen LogP contribution < -0.4 is 10.6 Å². The third-order valence-electron chi connectivity index (χ3n) is 2.58. The number of amides is 1. The Kier molecular flexibility index (Phi) is 3.34. The normalized spacial score (nSPS) is 20.4. The molecular formula is C10H16N4O. The van der Waals surface area contributed by atoms with Crippen molar-refractivity contribution < 1.29 is 4.79 Å². The first kappa shape index (κ1) is 10.2. The molecule has 1 amide bonds. The molecule has 0 aliphatic carbocycles. The van der Waals surface area contributed by atoms with Gasteiger partial charge in [-0.2, -0.15) is 0 Å². The van der Waals surface area contributed by atoms with Crippen LogP contribution in [0, 0.1) is 0 Å². The van der Waals surface area contributed by atoms with Crippen molar-refractivity contribution >= 4 is 5.91 Å². The molecule has 2 rings (SSSR count). The van der Waals surface area contributed by atoms with Crippen molar-refractivity contribution in [2.75, 3.05) is 13.1 Å². The zero-order valence-electron chi connectivity index (χ0n) is 8.65. The van der Waals surface area contributed by atoms with Crippen molar-refractivity contribution in [2.45, 2.75) is 25.4 Å². The molecule has 1 aromatic rings. The number of imidazole rings is 1. The Morgan fingerprint density at radius 3 is 3.27 bits per heavy atom. The number of hydrogen-bond acceptors (Lipinski definition) is 3. The van der Waals surface area contributed by atoms with Gasteiger partial charge in [0.25, 0.3) is 0 Å². The van der Waals surface area contributed by atoms with Gasteiger partial charge in [-0.15, -0.1) is 0 Å². The minimum Gasteiger partial charge on any atom is -0.352 e. The molecule has 0 bridgehead atoms. The lowest BCUT2D eigenvalue weighted by molar-refractivity contribution is -0.121. The Morgan fingerprint density at radius 2 is 2.60 bits per heavy atom. The Bertz CT molecular complexity index is 303. The van der Waals surface area contributed by atoms with E-state index in [4.69, 9.17) is 0 Å². The summed E-state index contributed by atoms with van der Waals surface area (Å²) >= 11 is 0. The Labute approximate surface area is 88.9 Å². The zero-order chi connectivity index (χ0) is 10.5. The van der Waals surface area contributed by atoms with Gasteiger partial charge in [0.05, 0.1) is 6.33 Å². The highest BCUT2D eigenvalue weighted by Crippen LogP contribution is 1.98. The van der Waals surface area contributed by atoms with E-state index in [-0.39, 0.29) is 5.91 Å². The summed E-state index contributed by atoms with van der Waals surface area (Å²) in [5.41, 5.74) is 0. The van der Waals surface area contributed by atoms with Gasteiger partial charge in [-0.1, -0.05) is 0 Å². The maximum Gasteiger partial charge on any atom is 0.222 e. The van der Waals surface area contributed by atoms with E-state index >= 15 is 0 Å². The highest BCUT2D eigenvalue weighted by atomic mass is 16.1. The first-order valence-electron chi connectivity index (χ1n) is 5.30. The molecule has 15 heavy (non-hydrogen) atoms. The highest BCUT2D eigenvalue weighted by Gasteiger charge is 2.15. The Morgan fingerprint density at radius 1 is 1.67 bits per heavy atom. The Hall–Kier alpha value is -1.36. The van der Waals surface area contributed by atoms with Crippen LogP contribution in [-0.2, 0) is 11.3 Å². The lowest BCUT2D eigenvalue weighted by atomic mass is 10.2. The summed E-state index contributed by atoms with van der Waals surface area (Å²) in [4.78, 5) is 15.4. The summed E-state index contributed by atoms with van der Waals surface area (Å²) in [5, 5.41) is 6.22. The van der Waals surface area contributed by atoms with Gasteiger partial charge in [0, 0.05) is 37.9 Å². The fourth-order valence-corrected chi connectivity index (χ4v) is 1.73. The topological polar surface area (TPSA) is 59.0 Å². The predicted octanol–water partition coefficient (Wildman–Crippen LogP) is -0.249. The van der Waals surface area contributed by atoms with Gasteiger partial charge >= 0.3 is 0 Å². The van der Waals surface area contributed by atoms with Gasteiger partial charge in [-0.3, -0.25) is 4.79 Å². The van der Waals surface area contributed by atoms with Crippen molar-refractivity contribution in [3.8, 4) is 0 Å². The molecule has 5 heteroatoms. The van der Waals surface area contributed by atoms with Crippen LogP contribution in [0.25, 0.3) is 0 Å². The highest BCUT2D eigenvalue weighted by molar-refractivity contribution is 5.76. The molecule has 5 nitrogen and oxygen atoms in total. The summed E-state index contributed by atoms with van der Waals surface area (Å²) in [6, 6.07) is 0.320. The standard InChI is InChI=1S/C10H16N4O/c15-10(13-9-1-3-11-7-9)2-5-14-6-4-12-8-14/h4,6,8-9,11H,1-3,5,7H2,(H,13,15). The minimum atomic E-state index is 0.123. The number of carbonyl (C=O) groups excluding carboxylic acids is 1. The van der Waals surface area contributed by atoms with Crippen LogP contribution in [0.2, 0.25) is 0 Å². The van der Waals surface area contributed by atoms with E-state index in [2.05, 4.69) is 15.6 Å². The Balaban J connectivity index is 1.68. The minimum absolute atomic E-state index is 0.123. The molecule has 1 aliphatic rings. The largest absolute Gasteiger partial charge is 0.352 e. The molecule has 82 valence electrons. The van der Waals surface area contributed by atoms with Crippen LogP contribution in [0.4, 0.5) is 0 Å².